The van der Waals surface area contributed by atoms with Gasteiger partial charge in [0.1, 0.15) is 0 Å². The van der Waals surface area contributed by atoms with Crippen LogP contribution >= 0.6 is 0 Å². The summed E-state index contributed by atoms with van der Waals surface area (Å²) in [7, 11) is 1.92. The molecule has 0 aliphatic carbocycles. The molecule has 27 heavy (non-hydrogen) atoms. The minimum atomic E-state index is -0.564. The van der Waals surface area contributed by atoms with E-state index in [1.165, 1.54) is 0 Å². The number of aliphatic hydroxyl groups is 1. The van der Waals surface area contributed by atoms with Crippen molar-refractivity contribution in [3.05, 3.63) is 69.4 Å². The van der Waals surface area contributed by atoms with Crippen molar-refractivity contribution in [3.63, 3.8) is 0 Å². The predicted octanol–water partition coefficient (Wildman–Crippen LogP) is 1.75. The molecule has 3 aromatic rings. The Labute approximate surface area is 158 Å². The predicted molar refractivity (Wildman–Crippen MR) is 103 cm³/mol. The molecule has 1 aliphatic rings. The number of fused-ring (bicyclic) bond motifs is 1. The zero-order valence-electron chi connectivity index (χ0n) is 16.0. The van der Waals surface area contributed by atoms with Gasteiger partial charge in [0.2, 0.25) is 0 Å². The number of aromatic nitrogens is 4. The molecule has 1 N–H and O–H groups in total. The van der Waals surface area contributed by atoms with Crippen molar-refractivity contribution in [1.29, 1.82) is 0 Å². The lowest BCUT2D eigenvalue weighted by Crippen LogP contribution is -2.35. The molecule has 142 valence electrons. The largest absolute Gasteiger partial charge is 0.387 e. The standard InChI is InChI=1S/C20H25N5O2/c1-14-18(20(27)25(22(14)3)16-7-5-4-6-8-16)13-23-9-10-24-17(12-23)11-19(21-24)15(2)26/h4-8,11,15,26H,9-10,12-13H2,1-3H3/t15-/m1/s1. The van der Waals surface area contributed by atoms with E-state index in [2.05, 4.69) is 10.00 Å². The van der Waals surface area contributed by atoms with Crippen LogP contribution in [-0.2, 0) is 26.7 Å². The van der Waals surface area contributed by atoms with Crippen LogP contribution in [0, 0.1) is 6.92 Å². The van der Waals surface area contributed by atoms with E-state index in [1.807, 2.05) is 59.7 Å². The topological polar surface area (TPSA) is 68.2 Å². The summed E-state index contributed by atoms with van der Waals surface area (Å²) in [5, 5.41) is 14.2. The molecule has 0 saturated carbocycles. The van der Waals surface area contributed by atoms with E-state index in [0.717, 1.165) is 42.3 Å². The van der Waals surface area contributed by atoms with E-state index in [-0.39, 0.29) is 5.56 Å². The zero-order valence-corrected chi connectivity index (χ0v) is 16.0. The van der Waals surface area contributed by atoms with E-state index in [1.54, 1.807) is 11.6 Å². The van der Waals surface area contributed by atoms with Crippen LogP contribution in [-0.4, -0.2) is 35.7 Å². The van der Waals surface area contributed by atoms with Crippen molar-refractivity contribution in [2.24, 2.45) is 7.05 Å². The van der Waals surface area contributed by atoms with Crippen LogP contribution in [0.1, 0.15) is 35.7 Å². The zero-order chi connectivity index (χ0) is 19.1. The minimum absolute atomic E-state index is 0.0324. The molecule has 3 heterocycles. The molecule has 4 rings (SSSR count). The number of para-hydroxylation sites is 1. The van der Waals surface area contributed by atoms with E-state index in [4.69, 9.17) is 0 Å². The first-order chi connectivity index (χ1) is 13.0. The Balaban J connectivity index is 1.61. The van der Waals surface area contributed by atoms with Gasteiger partial charge in [0.15, 0.2) is 0 Å². The van der Waals surface area contributed by atoms with Gasteiger partial charge in [-0.05, 0) is 32.0 Å². The van der Waals surface area contributed by atoms with Crippen LogP contribution < -0.4 is 5.56 Å². The van der Waals surface area contributed by atoms with Gasteiger partial charge in [-0.3, -0.25) is 19.1 Å². The Morgan fingerprint density at radius 3 is 2.67 bits per heavy atom. The third-order valence-electron chi connectivity index (χ3n) is 5.38. The summed E-state index contributed by atoms with van der Waals surface area (Å²) in [6, 6.07) is 11.7. The molecule has 0 spiro atoms. The van der Waals surface area contributed by atoms with Gasteiger partial charge >= 0.3 is 0 Å². The summed E-state index contributed by atoms with van der Waals surface area (Å²) in [6.07, 6.45) is -0.564. The fraction of sp³-hybridized carbons (Fsp3) is 0.400. The Morgan fingerprint density at radius 2 is 1.96 bits per heavy atom. The third-order valence-corrected chi connectivity index (χ3v) is 5.38. The monoisotopic (exact) mass is 367 g/mol. The van der Waals surface area contributed by atoms with Gasteiger partial charge in [-0.2, -0.15) is 5.10 Å². The van der Waals surface area contributed by atoms with Gasteiger partial charge in [-0.1, -0.05) is 18.2 Å². The average molecular weight is 367 g/mol. The highest BCUT2D eigenvalue weighted by atomic mass is 16.3. The van der Waals surface area contributed by atoms with Gasteiger partial charge in [0.05, 0.1) is 35.3 Å². The number of aliphatic hydroxyl groups excluding tert-OH is 1. The summed E-state index contributed by atoms with van der Waals surface area (Å²) in [6.45, 7) is 6.64. The summed E-state index contributed by atoms with van der Waals surface area (Å²) < 4.78 is 5.61. The van der Waals surface area contributed by atoms with Crippen molar-refractivity contribution in [1.82, 2.24) is 24.0 Å². The van der Waals surface area contributed by atoms with E-state index in [0.29, 0.717) is 12.2 Å². The van der Waals surface area contributed by atoms with Gasteiger partial charge in [-0.15, -0.1) is 0 Å². The van der Waals surface area contributed by atoms with E-state index >= 15 is 0 Å². The van der Waals surface area contributed by atoms with Gasteiger partial charge in [0.25, 0.3) is 5.56 Å². The average Bonchev–Trinajstić information content (AvgIpc) is 3.17. The van der Waals surface area contributed by atoms with Gasteiger partial charge in [0, 0.05) is 32.4 Å². The molecule has 0 amide bonds. The number of benzene rings is 1. The Kier molecular flexibility index (Phi) is 4.49. The van der Waals surface area contributed by atoms with Gasteiger partial charge < -0.3 is 5.11 Å². The van der Waals surface area contributed by atoms with Crippen LogP contribution in [0.4, 0.5) is 0 Å². The highest BCUT2D eigenvalue weighted by Crippen LogP contribution is 2.20. The molecule has 0 bridgehead atoms. The van der Waals surface area contributed by atoms with Crippen LogP contribution in [0.3, 0.4) is 0 Å². The van der Waals surface area contributed by atoms with Crippen LogP contribution in [0.15, 0.2) is 41.2 Å². The van der Waals surface area contributed by atoms with Crippen molar-refractivity contribution in [2.45, 2.75) is 39.6 Å². The second-order valence-electron chi connectivity index (χ2n) is 7.21. The lowest BCUT2D eigenvalue weighted by atomic mass is 10.2. The minimum Gasteiger partial charge on any atom is -0.387 e. The Morgan fingerprint density at radius 1 is 1.22 bits per heavy atom. The maximum Gasteiger partial charge on any atom is 0.276 e. The number of nitrogens with zero attached hydrogens (tertiary/aromatic N) is 5. The molecule has 0 unspecified atom stereocenters. The molecule has 7 heteroatoms. The summed E-state index contributed by atoms with van der Waals surface area (Å²) in [5.74, 6) is 0. The second-order valence-corrected chi connectivity index (χ2v) is 7.21. The highest BCUT2D eigenvalue weighted by molar-refractivity contribution is 5.33. The lowest BCUT2D eigenvalue weighted by Gasteiger charge is -2.27. The second kappa shape index (κ2) is 6.83. The quantitative estimate of drug-likeness (QED) is 0.763. The number of rotatable bonds is 4. The molecule has 2 aromatic heterocycles. The fourth-order valence-electron chi connectivity index (χ4n) is 3.71. The molecule has 0 fully saturated rings. The maximum atomic E-state index is 13.1. The molecule has 0 radical (unpaired) electrons. The van der Waals surface area contributed by atoms with Crippen LogP contribution in [0.5, 0.6) is 0 Å². The van der Waals surface area contributed by atoms with E-state index < -0.39 is 6.10 Å². The fourth-order valence-corrected chi connectivity index (χ4v) is 3.71. The molecule has 1 atom stereocenters. The van der Waals surface area contributed by atoms with Crippen molar-refractivity contribution in [2.75, 3.05) is 6.54 Å². The normalized spacial score (nSPS) is 15.7. The van der Waals surface area contributed by atoms with Crippen LogP contribution in [0.2, 0.25) is 0 Å². The Bertz CT molecular complexity index is 1010. The third kappa shape index (κ3) is 3.13. The van der Waals surface area contributed by atoms with E-state index in [9.17, 15) is 9.90 Å². The van der Waals surface area contributed by atoms with Crippen LogP contribution in [0.25, 0.3) is 5.69 Å². The van der Waals surface area contributed by atoms with Gasteiger partial charge in [-0.25, -0.2) is 4.68 Å². The van der Waals surface area contributed by atoms with Crippen molar-refractivity contribution >= 4 is 0 Å². The highest BCUT2D eigenvalue weighted by Gasteiger charge is 2.23. The number of hydrogen-bond acceptors (Lipinski definition) is 4. The maximum absolute atomic E-state index is 13.1. The Hall–Kier alpha value is -2.64. The number of hydrogen-bond donors (Lipinski definition) is 1. The summed E-state index contributed by atoms with van der Waals surface area (Å²) >= 11 is 0. The molecule has 1 aliphatic heterocycles. The SMILES string of the molecule is Cc1c(CN2CCn3nc([C@@H](C)O)cc3C2)c(=O)n(-c2ccccc2)n1C. The molecule has 0 saturated heterocycles. The first kappa shape index (κ1) is 17.8. The smallest absolute Gasteiger partial charge is 0.276 e. The lowest BCUT2D eigenvalue weighted by molar-refractivity contribution is 0.189. The first-order valence-corrected chi connectivity index (χ1v) is 9.25. The molecule has 1 aromatic carbocycles. The molecular formula is C20H25N5O2. The first-order valence-electron chi connectivity index (χ1n) is 9.25. The van der Waals surface area contributed by atoms with Crippen molar-refractivity contribution in [3.8, 4) is 5.69 Å². The summed E-state index contributed by atoms with van der Waals surface area (Å²) in [5.41, 5.74) is 4.49. The molecular weight excluding hydrogens is 342 g/mol. The summed E-state index contributed by atoms with van der Waals surface area (Å²) in [4.78, 5) is 15.4. The molecule has 7 nitrogen and oxygen atoms in total. The van der Waals surface area contributed by atoms with Crippen molar-refractivity contribution < 1.29 is 5.11 Å².